The fourth-order valence-corrected chi connectivity index (χ4v) is 21.3. The van der Waals surface area contributed by atoms with E-state index in [2.05, 4.69) is 110 Å². The zero-order valence-corrected chi connectivity index (χ0v) is 60.3. The average molecular weight is 1300 g/mol. The van der Waals surface area contributed by atoms with Crippen LogP contribution in [-0.4, -0.2) is 129 Å². The number of ether oxygens (including phenoxy) is 4. The highest BCUT2D eigenvalue weighted by Crippen LogP contribution is 2.50. The van der Waals surface area contributed by atoms with Gasteiger partial charge in [-0.2, -0.15) is 0 Å². The summed E-state index contributed by atoms with van der Waals surface area (Å²) >= 11 is 0. The molecule has 0 radical (unpaired) electrons. The second-order valence-corrected chi connectivity index (χ2v) is 37.9. The number of rotatable bonds is 22. The molecule has 4 amide bonds. The molecule has 0 saturated carbocycles. The van der Waals surface area contributed by atoms with Gasteiger partial charge in [-0.15, -0.1) is 0 Å². The van der Waals surface area contributed by atoms with Crippen LogP contribution in [0.15, 0.2) is 72.4 Å². The van der Waals surface area contributed by atoms with Gasteiger partial charge in [-0.25, -0.2) is 5.43 Å². The predicted octanol–water partition coefficient (Wildman–Crippen LogP) is 12.7. The number of piperidine rings is 1. The SMILES string of the molecule is CC[C@H]1C[C@H](C)[C@@]2(NC1=O)O[C@@H](C[C@H](O[Si](CC)(CC)CC)[C@@H](C)CC/C=C/C=C(\C)[C@@H]1C/C=C/C=C\[C@@H]3O[C@@]4(C)CC[C@@H](C(=O)N[C@@H](C(C)C)C(=O)N[C@@H](Cc5cccc(O)c5)C(=O)N5CCC[C@H](N5)C(=O)O1)[C@H](O4)[C@H]3C)[C@H](C)[C@H](O[Si](CC)(CC)CC)[C@@H]2C. The number of amides is 4. The molecule has 6 aliphatic rings. The molecule has 1 aromatic rings. The number of cyclic esters (lactones) is 1. The van der Waals surface area contributed by atoms with E-state index in [1.807, 2.05) is 65.0 Å². The molecule has 0 unspecified atom stereocenters. The first-order valence-corrected chi connectivity index (χ1v) is 40.4. The average Bonchev–Trinajstić information content (AvgIpc) is 0.933. The maximum atomic E-state index is 14.8. The van der Waals surface area contributed by atoms with Crippen molar-refractivity contribution in [1.29, 1.82) is 0 Å². The van der Waals surface area contributed by atoms with Crippen molar-refractivity contribution in [2.75, 3.05) is 6.54 Å². The molecule has 91 heavy (non-hydrogen) atoms. The number of phenolic OH excluding ortho intramolecular Hbond substituents is 1. The van der Waals surface area contributed by atoms with Crippen molar-refractivity contribution in [1.82, 2.24) is 26.4 Å². The summed E-state index contributed by atoms with van der Waals surface area (Å²) in [5.41, 5.74) is 3.78. The fraction of sp³-hybridized carbons (Fsp3) is 0.736. The van der Waals surface area contributed by atoms with Gasteiger partial charge in [0.2, 0.25) is 17.7 Å². The van der Waals surface area contributed by atoms with Gasteiger partial charge in [-0.3, -0.25) is 29.0 Å². The molecule has 510 valence electrons. The molecule has 7 rings (SSSR count). The molecule has 5 saturated heterocycles. The molecule has 18 atom stereocenters. The molecule has 0 aromatic heterocycles. The van der Waals surface area contributed by atoms with E-state index in [-0.39, 0.29) is 96.4 Å². The van der Waals surface area contributed by atoms with E-state index in [0.29, 0.717) is 44.1 Å². The summed E-state index contributed by atoms with van der Waals surface area (Å²) in [5, 5.41) is 21.4. The molecule has 1 spiro atoms. The number of hydrazine groups is 1. The fourth-order valence-electron chi connectivity index (χ4n) is 15.4. The molecule has 17 nitrogen and oxygen atoms in total. The number of phenols is 1. The zero-order chi connectivity index (χ0) is 66.6. The van der Waals surface area contributed by atoms with Crippen LogP contribution < -0.4 is 21.4 Å². The highest BCUT2D eigenvalue weighted by molar-refractivity contribution is 6.74. The first kappa shape index (κ1) is 73.9. The Morgan fingerprint density at radius 3 is 2.22 bits per heavy atom. The minimum atomic E-state index is -2.11. The van der Waals surface area contributed by atoms with Crippen molar-refractivity contribution in [3.63, 3.8) is 0 Å². The number of esters is 1. The van der Waals surface area contributed by atoms with Crippen LogP contribution >= 0.6 is 0 Å². The van der Waals surface area contributed by atoms with Gasteiger partial charge in [0.25, 0.3) is 5.91 Å². The van der Waals surface area contributed by atoms with E-state index in [9.17, 15) is 29.1 Å². The Bertz CT molecular complexity index is 2720. The molecule has 1 aromatic carbocycles. The molecule has 5 fully saturated rings. The number of nitrogens with one attached hydrogen (secondary N) is 4. The van der Waals surface area contributed by atoms with E-state index >= 15 is 0 Å². The predicted molar refractivity (Wildman–Crippen MR) is 363 cm³/mol. The van der Waals surface area contributed by atoms with Crippen molar-refractivity contribution in [3.8, 4) is 5.75 Å². The third kappa shape index (κ3) is 17.7. The van der Waals surface area contributed by atoms with Gasteiger partial charge in [0.15, 0.2) is 22.4 Å². The number of aromatic hydroxyl groups is 1. The largest absolute Gasteiger partial charge is 0.508 e. The maximum absolute atomic E-state index is 14.8. The van der Waals surface area contributed by atoms with Gasteiger partial charge >= 0.3 is 5.97 Å². The Hall–Kier alpha value is -4.48. The Kier molecular flexibility index (Phi) is 26.6. The minimum absolute atomic E-state index is 0.0168. The van der Waals surface area contributed by atoms with Crippen LogP contribution in [0.5, 0.6) is 5.75 Å². The lowest BCUT2D eigenvalue weighted by molar-refractivity contribution is -0.344. The van der Waals surface area contributed by atoms with Crippen LogP contribution in [0.3, 0.4) is 0 Å². The first-order chi connectivity index (χ1) is 43.3. The van der Waals surface area contributed by atoms with E-state index in [4.69, 9.17) is 27.8 Å². The summed E-state index contributed by atoms with van der Waals surface area (Å²) in [6.07, 6.45) is 18.5. The number of fused-ring (bicyclic) bond motifs is 4. The molecular weight excluding hydrogens is 1180 g/mol. The summed E-state index contributed by atoms with van der Waals surface area (Å²) in [5.74, 6) is -3.42. The molecule has 5 bridgehead atoms. The molecular formula is C72H117N5O12Si2. The highest BCUT2D eigenvalue weighted by Gasteiger charge is 2.59. The number of benzene rings is 1. The van der Waals surface area contributed by atoms with Crippen LogP contribution in [0.4, 0.5) is 0 Å². The molecule has 5 N–H and O–H groups in total. The van der Waals surface area contributed by atoms with E-state index in [0.717, 1.165) is 67.5 Å². The molecule has 6 heterocycles. The topological polar surface area (TPSA) is 212 Å². The van der Waals surface area contributed by atoms with Gasteiger partial charge in [0.1, 0.15) is 35.7 Å². The van der Waals surface area contributed by atoms with Gasteiger partial charge < -0.3 is 48.9 Å². The third-order valence-electron chi connectivity index (χ3n) is 22.3. The molecule has 0 aliphatic carbocycles. The quantitative estimate of drug-likeness (QED) is 0.0416. The number of hydrogen-bond acceptors (Lipinski definition) is 13. The second kappa shape index (κ2) is 32.8. The molecule has 19 heteroatoms. The smallest absolute Gasteiger partial charge is 0.325 e. The van der Waals surface area contributed by atoms with Gasteiger partial charge in [-0.05, 0) is 137 Å². The Morgan fingerprint density at radius 2 is 1.56 bits per heavy atom. The lowest BCUT2D eigenvalue weighted by Gasteiger charge is -2.58. The summed E-state index contributed by atoms with van der Waals surface area (Å²) in [4.78, 5) is 72.0. The van der Waals surface area contributed by atoms with Gasteiger partial charge in [0.05, 0.1) is 36.4 Å². The second-order valence-electron chi connectivity index (χ2n) is 28.4. The minimum Gasteiger partial charge on any atom is -0.508 e. The molecule has 6 aliphatic heterocycles. The number of carbonyl (C=O) groups is 5. The highest BCUT2D eigenvalue weighted by atomic mass is 28.4. The van der Waals surface area contributed by atoms with Crippen molar-refractivity contribution >= 4 is 46.2 Å². The normalized spacial score (nSPS) is 34.8. The Labute approximate surface area is 548 Å². The summed E-state index contributed by atoms with van der Waals surface area (Å²) in [7, 11) is -4.19. The number of hydrogen-bond donors (Lipinski definition) is 5. The monoisotopic (exact) mass is 1300 g/mol. The van der Waals surface area contributed by atoms with Gasteiger partial charge in [-0.1, -0.05) is 152 Å². The van der Waals surface area contributed by atoms with Crippen LogP contribution in [0.25, 0.3) is 0 Å². The van der Waals surface area contributed by atoms with E-state index in [1.54, 1.807) is 24.3 Å². The van der Waals surface area contributed by atoms with Crippen molar-refractivity contribution < 1.29 is 56.9 Å². The summed E-state index contributed by atoms with van der Waals surface area (Å²) in [6.45, 7) is 34.9. The number of nitrogens with zero attached hydrogens (tertiary/aromatic N) is 1. The van der Waals surface area contributed by atoms with Crippen LogP contribution in [0.2, 0.25) is 36.3 Å². The zero-order valence-electron chi connectivity index (χ0n) is 58.3. The lowest BCUT2D eigenvalue weighted by Crippen LogP contribution is -2.72. The van der Waals surface area contributed by atoms with E-state index < -0.39 is 82.2 Å². The Morgan fingerprint density at radius 1 is 0.857 bits per heavy atom. The first-order valence-electron chi connectivity index (χ1n) is 35.3. The lowest BCUT2D eigenvalue weighted by atomic mass is 9.69. The van der Waals surface area contributed by atoms with E-state index in [1.165, 1.54) is 5.01 Å². The van der Waals surface area contributed by atoms with Crippen molar-refractivity contribution in [2.24, 2.45) is 47.3 Å². The number of carbonyl (C=O) groups excluding carboxylic acids is 5. The summed E-state index contributed by atoms with van der Waals surface area (Å²) < 4.78 is 42.2. The Balaban J connectivity index is 1.14. The van der Waals surface area contributed by atoms with Crippen LogP contribution in [0.1, 0.15) is 181 Å². The van der Waals surface area contributed by atoms with Gasteiger partial charge in [0, 0.05) is 55.4 Å². The number of allylic oxidation sites excluding steroid dienone is 5. The van der Waals surface area contributed by atoms with Crippen LogP contribution in [0, 0.1) is 47.3 Å². The van der Waals surface area contributed by atoms with Crippen LogP contribution in [-0.2, 0) is 58.2 Å². The van der Waals surface area contributed by atoms with Crippen molar-refractivity contribution in [2.45, 2.75) is 284 Å². The van der Waals surface area contributed by atoms with Crippen molar-refractivity contribution in [3.05, 3.63) is 77.9 Å². The third-order valence-corrected chi connectivity index (χ3v) is 31.6. The maximum Gasteiger partial charge on any atom is 0.325 e. The standard InChI is InChI=1S/C72H117N5O12Si2/c1-17-54-42-49(12)72(75-66(54)79)52(15)64(89-91(21-5,22-6)23-7)51(14)62(86-72)45-61(88-90(18-2,19-3)20-4)48(11)33-27-24-26-32-47(10)59-37-28-25-29-38-60-50(13)65-56(39-40-71(16,85-60)87-65)67(80)74-63(46(8)9)68(81)73-58(44-53-34-30-35-55(78)43-53)69(82)77-41-31-36-57(76-77)70(83)84-59/h24-26,28-30,32,34-35,38,43,46,48-52,54,56-65,76,78H,17-23,27,31,33,36-37,39-42,44-45H2,1-16H3,(H,73,81)(H,74,80)(H,75,79)/b26-24+,28-25+,38-29-,47-32+/t48-,49-,50-,51-,52-,54-,56+,57-,58-,59-,60-,61-,62-,63-,64-,65+,71+,72+/m0/s1. The summed E-state index contributed by atoms with van der Waals surface area (Å²) in [6, 6.07) is 9.80.